The number of piperidine rings is 1. The Labute approximate surface area is 214 Å². The number of imide groups is 1. The van der Waals surface area contributed by atoms with Gasteiger partial charge >= 0.3 is 5.76 Å². The normalized spacial score (nSPS) is 15.5. The molecule has 0 spiro atoms. The highest BCUT2D eigenvalue weighted by molar-refractivity contribution is 6.00. The summed E-state index contributed by atoms with van der Waals surface area (Å²) in [5.74, 6) is -0.806. The van der Waals surface area contributed by atoms with Gasteiger partial charge in [-0.05, 0) is 53.4 Å². The molecule has 5 aromatic rings. The van der Waals surface area contributed by atoms with Gasteiger partial charge in [-0.3, -0.25) is 29.3 Å². The number of nitrogens with one attached hydrogen (secondary N) is 1. The predicted octanol–water partition coefficient (Wildman–Crippen LogP) is 3.09. The number of aromatic nitrogens is 4. The van der Waals surface area contributed by atoms with E-state index in [4.69, 9.17) is 8.94 Å². The molecule has 2 aromatic carbocycles. The summed E-state index contributed by atoms with van der Waals surface area (Å²) in [4.78, 5) is 56.0. The van der Waals surface area contributed by atoms with Crippen LogP contribution in [0.2, 0.25) is 0 Å². The SMILES string of the molecule is O=Cc1cc(-c2cccc(-c3noc(Cc4ccc5oc(=O)n(C6CCC(=O)NC6=O)c5c4)n3)c2)ccn1. The maximum absolute atomic E-state index is 12.5. The zero-order chi connectivity index (χ0) is 26.2. The molecule has 1 aliphatic rings. The highest BCUT2D eigenvalue weighted by Gasteiger charge is 2.31. The Balaban J connectivity index is 1.27. The zero-order valence-electron chi connectivity index (χ0n) is 19.8. The summed E-state index contributed by atoms with van der Waals surface area (Å²) in [6, 6.07) is 15.4. The lowest BCUT2D eigenvalue weighted by Gasteiger charge is -2.21. The van der Waals surface area contributed by atoms with E-state index in [2.05, 4.69) is 20.4 Å². The van der Waals surface area contributed by atoms with Crippen LogP contribution in [0.5, 0.6) is 0 Å². The minimum atomic E-state index is -0.831. The minimum Gasteiger partial charge on any atom is -0.408 e. The van der Waals surface area contributed by atoms with E-state index in [1.165, 1.54) is 4.57 Å². The number of pyridine rings is 1. The van der Waals surface area contributed by atoms with Crippen molar-refractivity contribution in [3.05, 3.63) is 88.5 Å². The van der Waals surface area contributed by atoms with Gasteiger partial charge in [-0.25, -0.2) is 4.79 Å². The standard InChI is InChI=1S/C27H19N5O6/c33-14-19-13-17(8-9-28-19)16-2-1-3-18(12-16)25-30-24(38-31-25)11-15-4-6-22-21(10-15)32(27(36)37-22)20-5-7-23(34)29-26(20)35/h1-4,6,8-10,12-14,20H,5,7,11H2,(H,29,34,35). The molecule has 0 saturated carbocycles. The average Bonchev–Trinajstić information content (AvgIpc) is 3.52. The number of benzene rings is 2. The van der Waals surface area contributed by atoms with Crippen molar-refractivity contribution in [1.29, 1.82) is 0 Å². The zero-order valence-corrected chi connectivity index (χ0v) is 19.8. The molecule has 11 heteroatoms. The van der Waals surface area contributed by atoms with E-state index in [1.807, 2.05) is 30.3 Å². The van der Waals surface area contributed by atoms with Crippen LogP contribution in [0.4, 0.5) is 0 Å². The van der Waals surface area contributed by atoms with Crippen LogP contribution in [0.3, 0.4) is 0 Å². The van der Waals surface area contributed by atoms with Crippen LogP contribution >= 0.6 is 0 Å². The number of rotatable bonds is 6. The Bertz CT molecular complexity index is 1780. The van der Waals surface area contributed by atoms with Gasteiger partial charge in [0.15, 0.2) is 11.9 Å². The van der Waals surface area contributed by atoms with E-state index in [-0.39, 0.29) is 25.2 Å². The van der Waals surface area contributed by atoms with Gasteiger partial charge in [0.1, 0.15) is 11.7 Å². The largest absolute Gasteiger partial charge is 0.420 e. The second-order valence-corrected chi connectivity index (χ2v) is 8.86. The van der Waals surface area contributed by atoms with Crippen LogP contribution in [0.15, 0.2) is 74.5 Å². The Morgan fingerprint density at radius 1 is 1.03 bits per heavy atom. The van der Waals surface area contributed by atoms with E-state index >= 15 is 0 Å². The summed E-state index contributed by atoms with van der Waals surface area (Å²) in [5, 5.41) is 6.38. The summed E-state index contributed by atoms with van der Waals surface area (Å²) < 4.78 is 12.1. The van der Waals surface area contributed by atoms with Gasteiger partial charge in [-0.1, -0.05) is 29.4 Å². The highest BCUT2D eigenvalue weighted by atomic mass is 16.5. The first kappa shape index (κ1) is 23.2. The third-order valence-electron chi connectivity index (χ3n) is 6.38. The third-order valence-corrected chi connectivity index (χ3v) is 6.38. The van der Waals surface area contributed by atoms with Gasteiger partial charge in [0.25, 0.3) is 0 Å². The van der Waals surface area contributed by atoms with Crippen molar-refractivity contribution in [3.63, 3.8) is 0 Å². The van der Waals surface area contributed by atoms with Crippen molar-refractivity contribution in [2.75, 3.05) is 0 Å². The maximum Gasteiger partial charge on any atom is 0.420 e. The van der Waals surface area contributed by atoms with Crippen molar-refractivity contribution in [2.45, 2.75) is 25.3 Å². The summed E-state index contributed by atoms with van der Waals surface area (Å²) in [6.45, 7) is 0. The first-order valence-electron chi connectivity index (χ1n) is 11.8. The molecule has 6 rings (SSSR count). The summed E-state index contributed by atoms with van der Waals surface area (Å²) in [6.07, 6.45) is 2.91. The number of carbonyl (C=O) groups is 3. The molecule has 1 atom stereocenters. The lowest BCUT2D eigenvalue weighted by molar-refractivity contribution is -0.135. The van der Waals surface area contributed by atoms with Gasteiger partial charge in [-0.2, -0.15) is 4.98 Å². The van der Waals surface area contributed by atoms with Crippen LogP contribution in [-0.2, 0) is 16.0 Å². The van der Waals surface area contributed by atoms with Crippen LogP contribution in [0.1, 0.15) is 40.8 Å². The topological polar surface area (TPSA) is 150 Å². The second kappa shape index (κ2) is 9.36. The molecule has 0 bridgehead atoms. The number of fused-ring (bicyclic) bond motifs is 1. The van der Waals surface area contributed by atoms with Gasteiger partial charge < -0.3 is 8.94 Å². The number of amides is 2. The van der Waals surface area contributed by atoms with Crippen LogP contribution < -0.4 is 11.1 Å². The third kappa shape index (κ3) is 4.30. The van der Waals surface area contributed by atoms with Crippen LogP contribution in [-0.4, -0.2) is 37.8 Å². The van der Waals surface area contributed by atoms with Gasteiger partial charge in [-0.15, -0.1) is 0 Å². The minimum absolute atomic E-state index is 0.139. The highest BCUT2D eigenvalue weighted by Crippen LogP contribution is 2.27. The van der Waals surface area contributed by atoms with Crippen molar-refractivity contribution in [3.8, 4) is 22.5 Å². The summed E-state index contributed by atoms with van der Waals surface area (Å²) in [7, 11) is 0. The predicted molar refractivity (Wildman–Crippen MR) is 133 cm³/mol. The van der Waals surface area contributed by atoms with Gasteiger partial charge in [0.05, 0.1) is 11.9 Å². The molecule has 4 heterocycles. The molecule has 38 heavy (non-hydrogen) atoms. The Hall–Kier alpha value is -5.19. The van der Waals surface area contributed by atoms with Crippen molar-refractivity contribution in [2.24, 2.45) is 0 Å². The Kier molecular flexibility index (Phi) is 5.72. The molecular formula is C27H19N5O6. The Morgan fingerprint density at radius 2 is 1.87 bits per heavy atom. The lowest BCUT2D eigenvalue weighted by Crippen LogP contribution is -2.43. The van der Waals surface area contributed by atoms with E-state index < -0.39 is 17.7 Å². The lowest BCUT2D eigenvalue weighted by atomic mass is 10.0. The fourth-order valence-corrected chi connectivity index (χ4v) is 4.56. The molecule has 3 aromatic heterocycles. The molecule has 1 unspecified atom stereocenters. The van der Waals surface area contributed by atoms with Crippen molar-refractivity contribution in [1.82, 2.24) is 25.0 Å². The van der Waals surface area contributed by atoms with Crippen LogP contribution in [0.25, 0.3) is 33.6 Å². The average molecular weight is 509 g/mol. The van der Waals surface area contributed by atoms with Crippen molar-refractivity contribution < 1.29 is 23.3 Å². The molecule has 11 nitrogen and oxygen atoms in total. The molecule has 0 aliphatic carbocycles. The number of hydrogen-bond acceptors (Lipinski definition) is 9. The van der Waals surface area contributed by atoms with E-state index in [1.54, 1.807) is 30.5 Å². The smallest absolute Gasteiger partial charge is 0.408 e. The number of oxazole rings is 1. The first-order valence-corrected chi connectivity index (χ1v) is 11.8. The van der Waals surface area contributed by atoms with E-state index in [0.717, 1.165) is 22.3 Å². The number of aldehydes is 1. The molecule has 1 aliphatic heterocycles. The van der Waals surface area contributed by atoms with E-state index in [9.17, 15) is 19.2 Å². The quantitative estimate of drug-likeness (QED) is 0.269. The van der Waals surface area contributed by atoms with E-state index in [0.29, 0.717) is 34.8 Å². The van der Waals surface area contributed by atoms with Crippen molar-refractivity contribution >= 4 is 29.2 Å². The molecule has 188 valence electrons. The maximum atomic E-state index is 12.5. The Morgan fingerprint density at radius 3 is 2.71 bits per heavy atom. The fourth-order valence-electron chi connectivity index (χ4n) is 4.56. The van der Waals surface area contributed by atoms with Gasteiger partial charge in [0, 0.05) is 18.2 Å². The molecule has 1 fully saturated rings. The molecule has 2 amide bonds. The van der Waals surface area contributed by atoms with Crippen LogP contribution in [0, 0.1) is 0 Å². The summed E-state index contributed by atoms with van der Waals surface area (Å²) >= 11 is 0. The monoisotopic (exact) mass is 509 g/mol. The van der Waals surface area contributed by atoms with Gasteiger partial charge in [0.2, 0.25) is 23.5 Å². The molecule has 1 N–H and O–H groups in total. The fraction of sp³-hybridized carbons (Fsp3) is 0.148. The molecule has 1 saturated heterocycles. The molecule has 0 radical (unpaired) electrons. The first-order chi connectivity index (χ1) is 18.5. The number of hydrogen-bond donors (Lipinski definition) is 1. The second-order valence-electron chi connectivity index (χ2n) is 8.86. The summed E-state index contributed by atoms with van der Waals surface area (Å²) in [5.41, 5.74) is 4.33. The number of nitrogens with zero attached hydrogens (tertiary/aromatic N) is 4. The number of carbonyl (C=O) groups excluding carboxylic acids is 3. The molecular weight excluding hydrogens is 490 g/mol.